The molecule has 90 valence electrons. The molecule has 0 unspecified atom stereocenters. The topological polar surface area (TPSA) is 17.0 Å². The van der Waals surface area contributed by atoms with E-state index in [-0.39, 0.29) is 12.4 Å². The zero-order valence-corrected chi connectivity index (χ0v) is 10.5. The highest BCUT2D eigenvalue weighted by atomic mass is 35.5. The van der Waals surface area contributed by atoms with Crippen molar-refractivity contribution < 1.29 is 0 Å². The molecule has 0 aliphatic carbocycles. The van der Waals surface area contributed by atoms with Gasteiger partial charge in [-0.25, -0.2) is 0 Å². The quantitative estimate of drug-likeness (QED) is 0.758. The average molecular weight is 249 g/mol. The molecule has 2 nitrogen and oxygen atoms in total. The van der Waals surface area contributed by atoms with Crippen molar-refractivity contribution >= 4 is 23.3 Å². The van der Waals surface area contributed by atoms with E-state index in [1.165, 1.54) is 42.7 Å². The fourth-order valence-electron chi connectivity index (χ4n) is 3.40. The molecule has 2 aliphatic heterocycles. The Balaban J connectivity index is 0.000000902. The van der Waals surface area contributed by atoms with E-state index in [1.54, 1.807) is 0 Å². The van der Waals surface area contributed by atoms with Crippen LogP contribution >= 0.6 is 12.4 Å². The van der Waals surface area contributed by atoms with E-state index in [9.17, 15) is 0 Å². The van der Waals surface area contributed by atoms with Crippen LogP contribution in [0.25, 0.3) is 10.9 Å². The van der Waals surface area contributed by atoms with Gasteiger partial charge in [-0.05, 0) is 48.9 Å². The van der Waals surface area contributed by atoms with E-state index < -0.39 is 0 Å². The summed E-state index contributed by atoms with van der Waals surface area (Å²) in [6, 6.07) is 11.1. The molecule has 0 saturated carbocycles. The number of aromatic nitrogens is 1. The summed E-state index contributed by atoms with van der Waals surface area (Å²) in [5.74, 6) is 1.72. The maximum atomic E-state index is 3.52. The highest BCUT2D eigenvalue weighted by Crippen LogP contribution is 2.32. The van der Waals surface area contributed by atoms with E-state index in [4.69, 9.17) is 0 Å². The molecule has 2 aliphatic rings. The number of benzene rings is 1. The molecule has 0 radical (unpaired) electrons. The Morgan fingerprint density at radius 1 is 1.12 bits per heavy atom. The van der Waals surface area contributed by atoms with Gasteiger partial charge < -0.3 is 9.88 Å². The minimum atomic E-state index is 0. The number of nitrogens with zero attached hydrogens (tertiary/aromatic N) is 1. The lowest BCUT2D eigenvalue weighted by atomic mass is 9.88. The molecule has 2 aromatic rings. The summed E-state index contributed by atoms with van der Waals surface area (Å²) in [6.07, 6.45) is 1.26. The first-order chi connectivity index (χ1) is 7.92. The summed E-state index contributed by atoms with van der Waals surface area (Å²) in [5.41, 5.74) is 2.95. The summed E-state index contributed by atoms with van der Waals surface area (Å²) in [6.45, 7) is 3.63. The average Bonchev–Trinajstić information content (AvgIpc) is 2.88. The number of hydrogen-bond acceptors (Lipinski definition) is 1. The Hall–Kier alpha value is -0.990. The van der Waals surface area contributed by atoms with Crippen molar-refractivity contribution in [1.29, 1.82) is 0 Å². The number of para-hydroxylation sites is 1. The van der Waals surface area contributed by atoms with E-state index >= 15 is 0 Å². The molecule has 17 heavy (non-hydrogen) atoms. The smallest absolute Gasteiger partial charge is 0.0482 e. The van der Waals surface area contributed by atoms with Gasteiger partial charge in [-0.3, -0.25) is 0 Å². The highest BCUT2D eigenvalue weighted by Gasteiger charge is 2.32. The molecule has 0 amide bonds. The zero-order valence-electron chi connectivity index (χ0n) is 9.73. The number of fused-ring (bicyclic) bond motifs is 4. The molecule has 4 rings (SSSR count). The third kappa shape index (κ3) is 1.59. The van der Waals surface area contributed by atoms with E-state index in [0.29, 0.717) is 0 Å². The van der Waals surface area contributed by atoms with Crippen molar-refractivity contribution in [2.24, 2.45) is 11.8 Å². The second-order valence-electron chi connectivity index (χ2n) is 5.19. The molecule has 0 bridgehead atoms. The molecular weight excluding hydrogens is 232 g/mol. The van der Waals surface area contributed by atoms with Crippen molar-refractivity contribution in [3.63, 3.8) is 0 Å². The number of halogens is 1. The van der Waals surface area contributed by atoms with E-state index in [0.717, 1.165) is 11.8 Å². The van der Waals surface area contributed by atoms with Crippen LogP contribution in [0.4, 0.5) is 0 Å². The minimum absolute atomic E-state index is 0. The fourth-order valence-corrected chi connectivity index (χ4v) is 3.40. The standard InChI is InChI=1S/C14H16N2.ClH/c1-2-4-14-10(3-1)5-13-6-11-7-15-8-12(11)9-16(13)14;/h1-5,11-12,15H,6-9H2;1H/t11-,12+;/m0./s1. The van der Waals surface area contributed by atoms with E-state index in [2.05, 4.69) is 40.2 Å². The van der Waals surface area contributed by atoms with Gasteiger partial charge in [-0.2, -0.15) is 0 Å². The lowest BCUT2D eigenvalue weighted by Crippen LogP contribution is -2.27. The van der Waals surface area contributed by atoms with Gasteiger partial charge in [-0.1, -0.05) is 18.2 Å². The second kappa shape index (κ2) is 4.04. The Morgan fingerprint density at radius 2 is 1.94 bits per heavy atom. The van der Waals surface area contributed by atoms with Gasteiger partial charge in [0, 0.05) is 17.8 Å². The summed E-state index contributed by atoms with van der Waals surface area (Å²) in [4.78, 5) is 0. The lowest BCUT2D eigenvalue weighted by Gasteiger charge is -2.27. The summed E-state index contributed by atoms with van der Waals surface area (Å²) < 4.78 is 2.53. The molecule has 3 heterocycles. The normalized spacial score (nSPS) is 26.4. The van der Waals surface area contributed by atoms with Crippen LogP contribution in [0, 0.1) is 11.8 Å². The van der Waals surface area contributed by atoms with E-state index in [1.807, 2.05) is 0 Å². The van der Waals surface area contributed by atoms with Gasteiger partial charge in [0.15, 0.2) is 0 Å². The van der Waals surface area contributed by atoms with Crippen molar-refractivity contribution in [3.8, 4) is 0 Å². The molecular formula is C14H17ClN2. The van der Waals surface area contributed by atoms with Crippen LogP contribution in [0.3, 0.4) is 0 Å². The third-order valence-corrected chi connectivity index (χ3v) is 4.26. The summed E-state index contributed by atoms with van der Waals surface area (Å²) in [5, 5.41) is 4.93. The number of rotatable bonds is 0. The second-order valence-corrected chi connectivity index (χ2v) is 5.19. The van der Waals surface area contributed by atoms with Gasteiger partial charge in [-0.15, -0.1) is 12.4 Å². The van der Waals surface area contributed by atoms with Crippen LogP contribution in [0.5, 0.6) is 0 Å². The molecule has 1 aromatic heterocycles. The van der Waals surface area contributed by atoms with Crippen molar-refractivity contribution in [3.05, 3.63) is 36.0 Å². The van der Waals surface area contributed by atoms with Crippen molar-refractivity contribution in [1.82, 2.24) is 9.88 Å². The van der Waals surface area contributed by atoms with Gasteiger partial charge in [0.05, 0.1) is 0 Å². The third-order valence-electron chi connectivity index (χ3n) is 4.26. The Kier molecular flexibility index (Phi) is 2.64. The summed E-state index contributed by atoms with van der Waals surface area (Å²) >= 11 is 0. The first-order valence-corrected chi connectivity index (χ1v) is 6.20. The zero-order chi connectivity index (χ0) is 10.5. The Morgan fingerprint density at radius 3 is 2.88 bits per heavy atom. The van der Waals surface area contributed by atoms with Crippen LogP contribution in [-0.2, 0) is 13.0 Å². The maximum Gasteiger partial charge on any atom is 0.0482 e. The highest BCUT2D eigenvalue weighted by molar-refractivity contribution is 5.85. The summed E-state index contributed by atoms with van der Waals surface area (Å²) in [7, 11) is 0. The minimum Gasteiger partial charge on any atom is -0.344 e. The first kappa shape index (κ1) is 11.1. The monoisotopic (exact) mass is 248 g/mol. The SMILES string of the molecule is Cl.c1ccc2c(c1)cc1n2C[C@H]2CNC[C@@H]2C1. The lowest BCUT2D eigenvalue weighted by molar-refractivity contribution is 0.324. The first-order valence-electron chi connectivity index (χ1n) is 6.20. The van der Waals surface area contributed by atoms with Gasteiger partial charge in [0.2, 0.25) is 0 Å². The van der Waals surface area contributed by atoms with Gasteiger partial charge in [0.1, 0.15) is 0 Å². The number of hydrogen-bond donors (Lipinski definition) is 1. The molecule has 1 aromatic carbocycles. The van der Waals surface area contributed by atoms with Crippen LogP contribution in [0.2, 0.25) is 0 Å². The molecule has 0 spiro atoms. The van der Waals surface area contributed by atoms with Crippen LogP contribution < -0.4 is 5.32 Å². The predicted molar refractivity (Wildman–Crippen MR) is 72.7 cm³/mol. The molecule has 1 fully saturated rings. The van der Waals surface area contributed by atoms with Gasteiger partial charge in [0.25, 0.3) is 0 Å². The largest absolute Gasteiger partial charge is 0.344 e. The molecule has 1 N–H and O–H groups in total. The Labute approximate surface area is 107 Å². The fraction of sp³-hybridized carbons (Fsp3) is 0.429. The maximum absolute atomic E-state index is 3.52. The predicted octanol–water partition coefficient (Wildman–Crippen LogP) is 2.45. The van der Waals surface area contributed by atoms with Crippen LogP contribution in [0.1, 0.15) is 5.69 Å². The van der Waals surface area contributed by atoms with Crippen LogP contribution in [-0.4, -0.2) is 17.7 Å². The van der Waals surface area contributed by atoms with Gasteiger partial charge >= 0.3 is 0 Å². The van der Waals surface area contributed by atoms with Crippen LogP contribution in [0.15, 0.2) is 30.3 Å². The molecule has 2 atom stereocenters. The Bertz CT molecular complexity index is 546. The van der Waals surface area contributed by atoms with Crippen molar-refractivity contribution in [2.45, 2.75) is 13.0 Å². The molecule has 1 saturated heterocycles. The van der Waals surface area contributed by atoms with Crippen molar-refractivity contribution in [2.75, 3.05) is 13.1 Å². The number of nitrogens with one attached hydrogen (secondary N) is 1. The molecule has 3 heteroatoms.